The molecule has 2 fully saturated rings. The van der Waals surface area contributed by atoms with Crippen molar-refractivity contribution < 1.29 is 19.1 Å². The summed E-state index contributed by atoms with van der Waals surface area (Å²) in [5.74, 6) is 0.0535. The molecule has 4 atom stereocenters. The minimum atomic E-state index is -0.335. The van der Waals surface area contributed by atoms with E-state index >= 15 is 0 Å². The summed E-state index contributed by atoms with van der Waals surface area (Å²) in [6, 6.07) is 4.53. The molecule has 0 aromatic heterocycles. The highest BCUT2D eigenvalue weighted by Crippen LogP contribution is 2.70. The van der Waals surface area contributed by atoms with E-state index < -0.39 is 0 Å². The first-order valence-electron chi connectivity index (χ1n) is 11.9. The number of ether oxygens (including phenoxy) is 2. The summed E-state index contributed by atoms with van der Waals surface area (Å²) >= 11 is 0. The van der Waals surface area contributed by atoms with Crippen LogP contribution in [0.15, 0.2) is 12.1 Å². The Labute approximate surface area is 194 Å². The van der Waals surface area contributed by atoms with Gasteiger partial charge < -0.3 is 14.4 Å². The van der Waals surface area contributed by atoms with Gasteiger partial charge in [0.1, 0.15) is 11.9 Å². The van der Waals surface area contributed by atoms with Gasteiger partial charge in [-0.05, 0) is 74.4 Å². The van der Waals surface area contributed by atoms with Crippen LogP contribution in [0, 0.1) is 17.8 Å². The monoisotopic (exact) mass is 435 g/mol. The molecular formula is C25H35B2NO4. The van der Waals surface area contributed by atoms with Gasteiger partial charge in [-0.2, -0.15) is 0 Å². The van der Waals surface area contributed by atoms with Crippen molar-refractivity contribution >= 4 is 26.3 Å². The molecular weight excluding hydrogens is 400 g/mol. The van der Waals surface area contributed by atoms with Crippen LogP contribution >= 0.6 is 0 Å². The van der Waals surface area contributed by atoms with Crippen molar-refractivity contribution in [1.82, 2.24) is 4.90 Å². The minimum absolute atomic E-state index is 0.0274. The first-order chi connectivity index (χ1) is 15.0. The van der Waals surface area contributed by atoms with Crippen molar-refractivity contribution in [3.05, 3.63) is 28.8 Å². The van der Waals surface area contributed by atoms with Crippen molar-refractivity contribution in [2.75, 3.05) is 13.6 Å². The summed E-state index contributed by atoms with van der Waals surface area (Å²) in [6.07, 6.45) is 3.67. The van der Waals surface area contributed by atoms with Crippen molar-refractivity contribution in [2.45, 2.75) is 84.6 Å². The number of nitrogens with zero attached hydrogens (tertiary/aromatic N) is 1. The number of carbonyl (C=O) groups excluding carboxylic acids is 2. The van der Waals surface area contributed by atoms with Gasteiger partial charge in [-0.1, -0.05) is 40.5 Å². The Bertz CT molecular complexity index is 948. The third kappa shape index (κ3) is 3.03. The summed E-state index contributed by atoms with van der Waals surface area (Å²) < 4.78 is 11.7. The lowest BCUT2D eigenvalue weighted by molar-refractivity contribution is -0.177. The fourth-order valence-corrected chi connectivity index (χ4v) is 7.59. The van der Waals surface area contributed by atoms with Crippen LogP contribution in [0.5, 0.6) is 5.75 Å². The molecule has 1 aromatic carbocycles. The topological polar surface area (TPSA) is 55.8 Å². The van der Waals surface area contributed by atoms with Crippen molar-refractivity contribution in [3.8, 4) is 5.75 Å². The van der Waals surface area contributed by atoms with Crippen LogP contribution in [0.2, 0.25) is 13.6 Å². The molecule has 3 aliphatic rings. The number of hydrogen-bond acceptors (Lipinski definition) is 5. The molecule has 1 saturated carbocycles. The van der Waals surface area contributed by atoms with Gasteiger partial charge in [-0.3, -0.25) is 9.59 Å². The molecule has 1 heterocycles. The standard InChI is InChI=1S/C25H35B2NO4/c1-15-17(31-21(29)26-5)9-8-16-14-18-24(4)11-10-19(32-22(30)27-6)23(2,3)25(24,20(15)16)12-13-28(18)7/h8-9,18-19H,10-14H2,1-7H3/t18-,19?,24?,25-/m0/s1. The lowest BCUT2D eigenvalue weighted by Gasteiger charge is -2.71. The molecule has 0 spiro atoms. The molecule has 1 aliphatic heterocycles. The third-order valence-electron chi connectivity index (χ3n) is 9.19. The van der Waals surface area contributed by atoms with E-state index in [4.69, 9.17) is 9.47 Å². The molecule has 2 aliphatic carbocycles. The maximum absolute atomic E-state index is 12.3. The quantitative estimate of drug-likeness (QED) is 0.635. The Hall–Kier alpha value is -1.75. The molecule has 0 N–H and O–H groups in total. The van der Waals surface area contributed by atoms with Gasteiger partial charge in [-0.15, -0.1) is 0 Å². The summed E-state index contributed by atoms with van der Waals surface area (Å²) in [7, 11) is 5.21. The molecule has 0 amide bonds. The zero-order valence-electron chi connectivity index (χ0n) is 20.6. The smallest absolute Gasteiger partial charge is 0.258 e. The van der Waals surface area contributed by atoms with Gasteiger partial charge in [0.25, 0.3) is 14.6 Å². The van der Waals surface area contributed by atoms with E-state index in [1.54, 1.807) is 13.6 Å². The molecule has 4 rings (SSSR count). The number of benzene rings is 1. The van der Waals surface area contributed by atoms with E-state index in [0.29, 0.717) is 11.8 Å². The first-order valence-corrected chi connectivity index (χ1v) is 11.9. The molecule has 170 valence electrons. The molecule has 2 bridgehead atoms. The normalized spacial score (nSPS) is 32.8. The Balaban J connectivity index is 1.95. The van der Waals surface area contributed by atoms with Crippen LogP contribution in [0.25, 0.3) is 0 Å². The predicted molar refractivity (Wildman–Crippen MR) is 128 cm³/mol. The molecule has 7 heteroatoms. The summed E-state index contributed by atoms with van der Waals surface area (Å²) in [5, 5.41) is 0. The predicted octanol–water partition coefficient (Wildman–Crippen LogP) is 4.83. The largest absolute Gasteiger partial charge is 0.470 e. The number of carbonyl (C=O) groups is 2. The SMILES string of the molecule is C[B]C(=O)Oc1ccc2c(c1C)[C@]13CCN(C)[C@@H](C2)C1(C)CCC(OC(=O)[B]C)C3(C)C. The average Bonchev–Trinajstić information content (AvgIpc) is 2.74. The van der Waals surface area contributed by atoms with Crippen LogP contribution in [-0.4, -0.2) is 56.9 Å². The lowest BCUT2D eigenvalue weighted by Crippen LogP contribution is -2.73. The van der Waals surface area contributed by atoms with E-state index in [1.807, 2.05) is 6.07 Å². The number of rotatable bonds is 4. The first kappa shape index (κ1) is 23.4. The second kappa shape index (κ2) is 7.93. The zero-order chi connectivity index (χ0) is 23.5. The molecule has 2 unspecified atom stereocenters. The fourth-order valence-electron chi connectivity index (χ4n) is 7.59. The third-order valence-corrected chi connectivity index (χ3v) is 9.19. The highest BCUT2D eigenvalue weighted by Gasteiger charge is 2.70. The highest BCUT2D eigenvalue weighted by molar-refractivity contribution is 6.71. The van der Waals surface area contributed by atoms with Crippen molar-refractivity contribution in [2.24, 2.45) is 10.8 Å². The van der Waals surface area contributed by atoms with Gasteiger partial charge in [-0.25, -0.2) is 0 Å². The van der Waals surface area contributed by atoms with Gasteiger partial charge in [0.15, 0.2) is 0 Å². The van der Waals surface area contributed by atoms with Gasteiger partial charge in [0.05, 0.1) is 0 Å². The summed E-state index contributed by atoms with van der Waals surface area (Å²) in [4.78, 5) is 26.9. The molecule has 32 heavy (non-hydrogen) atoms. The van der Waals surface area contributed by atoms with Crippen LogP contribution in [0.3, 0.4) is 0 Å². The maximum Gasteiger partial charge on any atom is 0.258 e. The minimum Gasteiger partial charge on any atom is -0.470 e. The van der Waals surface area contributed by atoms with E-state index in [9.17, 15) is 9.59 Å². The molecule has 2 radical (unpaired) electrons. The van der Waals surface area contributed by atoms with Gasteiger partial charge in [0.2, 0.25) is 11.7 Å². The Morgan fingerprint density at radius 2 is 1.78 bits per heavy atom. The van der Waals surface area contributed by atoms with E-state index in [-0.39, 0.29) is 34.1 Å². The maximum atomic E-state index is 12.3. The average molecular weight is 435 g/mol. The number of likely N-dealkylation sites (N-methyl/N-ethyl adjacent to an activating group) is 1. The Kier molecular flexibility index (Phi) is 5.80. The van der Waals surface area contributed by atoms with Crippen LogP contribution in [0.4, 0.5) is 9.59 Å². The second-order valence-corrected chi connectivity index (χ2v) is 10.7. The zero-order valence-corrected chi connectivity index (χ0v) is 20.6. The highest BCUT2D eigenvalue weighted by atomic mass is 16.5. The number of likely N-dealkylation sites (tertiary alicyclic amines) is 1. The van der Waals surface area contributed by atoms with E-state index in [1.165, 1.54) is 25.7 Å². The van der Waals surface area contributed by atoms with E-state index in [0.717, 1.165) is 37.8 Å². The van der Waals surface area contributed by atoms with Gasteiger partial charge in [0, 0.05) is 16.9 Å². The lowest BCUT2D eigenvalue weighted by atomic mass is 9.36. The Morgan fingerprint density at radius 3 is 2.44 bits per heavy atom. The summed E-state index contributed by atoms with van der Waals surface area (Å²) in [6.45, 7) is 13.5. The van der Waals surface area contributed by atoms with Gasteiger partial charge >= 0.3 is 0 Å². The van der Waals surface area contributed by atoms with Crippen LogP contribution in [-0.2, 0) is 16.6 Å². The van der Waals surface area contributed by atoms with E-state index in [2.05, 4.69) is 45.7 Å². The van der Waals surface area contributed by atoms with Crippen molar-refractivity contribution in [1.29, 1.82) is 0 Å². The number of fused-ring (bicyclic) bond motifs is 1. The number of hydrogen-bond donors (Lipinski definition) is 0. The molecule has 1 aromatic rings. The van der Waals surface area contributed by atoms with Crippen LogP contribution < -0.4 is 4.74 Å². The van der Waals surface area contributed by atoms with Crippen molar-refractivity contribution in [3.63, 3.8) is 0 Å². The van der Waals surface area contributed by atoms with Crippen LogP contribution in [0.1, 0.15) is 56.7 Å². The fraction of sp³-hybridized carbons (Fsp3) is 0.680. The second-order valence-electron chi connectivity index (χ2n) is 10.7. The summed E-state index contributed by atoms with van der Waals surface area (Å²) in [5.41, 5.74) is 3.26. The Morgan fingerprint density at radius 1 is 1.09 bits per heavy atom. The molecule has 1 saturated heterocycles. The number of piperidine rings is 1. The molecule has 5 nitrogen and oxygen atoms in total.